The molecule has 3 amide bonds. The molecule has 0 spiro atoms. The van der Waals surface area contributed by atoms with Crippen molar-refractivity contribution in [2.45, 2.75) is 26.3 Å². The van der Waals surface area contributed by atoms with Crippen molar-refractivity contribution in [3.05, 3.63) is 67.7 Å². The average Bonchev–Trinajstić information content (AvgIpc) is 2.90. The summed E-state index contributed by atoms with van der Waals surface area (Å²) < 4.78 is 0. The van der Waals surface area contributed by atoms with Gasteiger partial charge in [0.2, 0.25) is 5.91 Å². The van der Waals surface area contributed by atoms with E-state index < -0.39 is 28.7 Å². The minimum absolute atomic E-state index is 0.00546. The summed E-state index contributed by atoms with van der Waals surface area (Å²) in [5, 5.41) is 13.7. The minimum Gasteiger partial charge on any atom is -0.324 e. The first-order valence-corrected chi connectivity index (χ1v) is 9.78. The summed E-state index contributed by atoms with van der Waals surface area (Å²) in [6.45, 7) is 3.72. The van der Waals surface area contributed by atoms with Crippen molar-refractivity contribution in [2.24, 2.45) is 5.92 Å². The zero-order chi connectivity index (χ0) is 22.2. The molecule has 0 aliphatic carbocycles. The topological polar surface area (TPSA) is 110 Å². The van der Waals surface area contributed by atoms with Gasteiger partial charge in [-0.25, -0.2) is 0 Å². The van der Waals surface area contributed by atoms with E-state index in [9.17, 15) is 24.5 Å². The highest BCUT2D eigenvalue weighted by molar-refractivity contribution is 6.43. The molecule has 0 bridgehead atoms. The molecule has 0 fully saturated rings. The molecule has 10 heteroatoms. The van der Waals surface area contributed by atoms with Crippen molar-refractivity contribution in [3.8, 4) is 0 Å². The van der Waals surface area contributed by atoms with Crippen molar-refractivity contribution in [1.29, 1.82) is 0 Å². The first kappa shape index (κ1) is 21.7. The number of amides is 3. The van der Waals surface area contributed by atoms with Crippen LogP contribution in [0.1, 0.15) is 41.0 Å². The summed E-state index contributed by atoms with van der Waals surface area (Å²) in [5.74, 6) is -1.84. The third kappa shape index (κ3) is 4.15. The lowest BCUT2D eigenvalue weighted by Crippen LogP contribution is -2.47. The molecule has 0 radical (unpaired) electrons. The van der Waals surface area contributed by atoms with Gasteiger partial charge in [-0.2, -0.15) is 0 Å². The largest absolute Gasteiger partial charge is 0.324 e. The predicted octanol–water partition coefficient (Wildman–Crippen LogP) is 4.55. The Balaban J connectivity index is 1.90. The molecule has 2 aromatic rings. The van der Waals surface area contributed by atoms with Gasteiger partial charge in [-0.3, -0.25) is 29.4 Å². The lowest BCUT2D eigenvalue weighted by atomic mass is 10.0. The molecular weight excluding hydrogens is 433 g/mol. The Labute approximate surface area is 181 Å². The first-order valence-electron chi connectivity index (χ1n) is 9.02. The third-order valence-corrected chi connectivity index (χ3v) is 5.34. The van der Waals surface area contributed by atoms with Gasteiger partial charge in [0.15, 0.2) is 0 Å². The number of carbonyl (C=O) groups excluding carboxylic acids is 3. The fraction of sp³-hybridized carbons (Fsp3) is 0.250. The summed E-state index contributed by atoms with van der Waals surface area (Å²) in [6, 6.07) is 6.82. The highest BCUT2D eigenvalue weighted by Gasteiger charge is 2.43. The maximum atomic E-state index is 13.0. The van der Waals surface area contributed by atoms with Crippen LogP contribution in [0.4, 0.5) is 11.4 Å². The highest BCUT2D eigenvalue weighted by Crippen LogP contribution is 2.33. The average molecular weight is 450 g/mol. The van der Waals surface area contributed by atoms with Crippen molar-refractivity contribution < 1.29 is 19.3 Å². The molecular formula is C20H17Cl2N3O5. The first-order chi connectivity index (χ1) is 14.1. The van der Waals surface area contributed by atoms with Crippen LogP contribution in [-0.2, 0) is 4.79 Å². The van der Waals surface area contributed by atoms with E-state index in [4.69, 9.17) is 23.2 Å². The second kappa shape index (κ2) is 8.41. The zero-order valence-electron chi connectivity index (χ0n) is 16.0. The van der Waals surface area contributed by atoms with Crippen LogP contribution in [0.5, 0.6) is 0 Å². The van der Waals surface area contributed by atoms with Crippen LogP contribution < -0.4 is 5.32 Å². The highest BCUT2D eigenvalue weighted by atomic mass is 35.5. The summed E-state index contributed by atoms with van der Waals surface area (Å²) >= 11 is 12.0. The van der Waals surface area contributed by atoms with Crippen LogP contribution in [-0.4, -0.2) is 33.6 Å². The van der Waals surface area contributed by atoms with E-state index in [1.165, 1.54) is 36.4 Å². The van der Waals surface area contributed by atoms with Gasteiger partial charge in [0, 0.05) is 17.8 Å². The number of anilines is 1. The molecule has 156 valence electrons. The number of nitro groups is 1. The molecule has 0 unspecified atom stereocenters. The van der Waals surface area contributed by atoms with Crippen LogP contribution in [0.3, 0.4) is 0 Å². The van der Waals surface area contributed by atoms with Gasteiger partial charge in [-0.1, -0.05) is 37.0 Å². The fourth-order valence-electron chi connectivity index (χ4n) is 3.20. The summed E-state index contributed by atoms with van der Waals surface area (Å²) in [4.78, 5) is 50.0. The number of imide groups is 1. The van der Waals surface area contributed by atoms with E-state index in [-0.39, 0.29) is 39.2 Å². The van der Waals surface area contributed by atoms with Gasteiger partial charge < -0.3 is 5.32 Å². The van der Waals surface area contributed by atoms with Crippen molar-refractivity contribution in [1.82, 2.24) is 4.90 Å². The van der Waals surface area contributed by atoms with E-state index >= 15 is 0 Å². The Hall–Kier alpha value is -2.97. The van der Waals surface area contributed by atoms with E-state index in [1.807, 2.05) is 13.8 Å². The molecule has 1 aliphatic rings. The Morgan fingerprint density at radius 2 is 1.57 bits per heavy atom. The Morgan fingerprint density at radius 1 is 1.07 bits per heavy atom. The van der Waals surface area contributed by atoms with Gasteiger partial charge in [0.1, 0.15) is 6.04 Å². The molecule has 3 rings (SSSR count). The summed E-state index contributed by atoms with van der Waals surface area (Å²) in [6.07, 6.45) is 0.228. The number of non-ortho nitro benzene ring substituents is 1. The van der Waals surface area contributed by atoms with Crippen LogP contribution >= 0.6 is 23.2 Å². The Morgan fingerprint density at radius 3 is 2.00 bits per heavy atom. The molecule has 1 heterocycles. The fourth-order valence-corrected chi connectivity index (χ4v) is 3.53. The van der Waals surface area contributed by atoms with Crippen LogP contribution in [0.15, 0.2) is 36.4 Å². The van der Waals surface area contributed by atoms with Crippen molar-refractivity contribution >= 4 is 52.3 Å². The number of carbonyl (C=O) groups is 3. The number of hydrogen-bond donors (Lipinski definition) is 1. The molecule has 2 aromatic carbocycles. The molecule has 1 atom stereocenters. The van der Waals surface area contributed by atoms with Crippen LogP contribution in [0, 0.1) is 16.0 Å². The summed E-state index contributed by atoms with van der Waals surface area (Å²) in [7, 11) is 0. The third-order valence-electron chi connectivity index (χ3n) is 4.61. The van der Waals surface area contributed by atoms with Gasteiger partial charge in [0.25, 0.3) is 17.5 Å². The number of rotatable bonds is 6. The SMILES string of the molecule is CC(C)C[C@@H](C(=O)Nc1ccc([N+](=O)[O-])cc1)N1C(=O)c2cc(Cl)c(Cl)cc2C1=O. The molecule has 0 aromatic heterocycles. The number of nitrogens with zero attached hydrogens (tertiary/aromatic N) is 2. The monoisotopic (exact) mass is 449 g/mol. The number of hydrogen-bond acceptors (Lipinski definition) is 5. The van der Waals surface area contributed by atoms with E-state index in [2.05, 4.69) is 5.32 Å². The molecule has 1 N–H and O–H groups in total. The second-order valence-corrected chi connectivity index (χ2v) is 8.05. The van der Waals surface area contributed by atoms with Crippen LogP contribution in [0.2, 0.25) is 10.0 Å². The second-order valence-electron chi connectivity index (χ2n) is 7.23. The maximum absolute atomic E-state index is 13.0. The van der Waals surface area contributed by atoms with E-state index in [1.54, 1.807) is 0 Å². The lowest BCUT2D eigenvalue weighted by molar-refractivity contribution is -0.384. The molecule has 0 saturated heterocycles. The van der Waals surface area contributed by atoms with Crippen molar-refractivity contribution in [3.63, 3.8) is 0 Å². The minimum atomic E-state index is -1.08. The lowest BCUT2D eigenvalue weighted by Gasteiger charge is -2.26. The van der Waals surface area contributed by atoms with Crippen LogP contribution in [0.25, 0.3) is 0 Å². The van der Waals surface area contributed by atoms with Gasteiger partial charge in [-0.15, -0.1) is 0 Å². The number of nitrogens with one attached hydrogen (secondary N) is 1. The summed E-state index contributed by atoms with van der Waals surface area (Å²) in [5.41, 5.74) is 0.362. The Bertz CT molecular complexity index is 1010. The molecule has 8 nitrogen and oxygen atoms in total. The Kier molecular flexibility index (Phi) is 6.09. The normalized spacial score (nSPS) is 14.1. The van der Waals surface area contributed by atoms with E-state index in [0.29, 0.717) is 5.69 Å². The molecule has 30 heavy (non-hydrogen) atoms. The van der Waals surface area contributed by atoms with Gasteiger partial charge >= 0.3 is 0 Å². The number of fused-ring (bicyclic) bond motifs is 1. The maximum Gasteiger partial charge on any atom is 0.269 e. The number of halogens is 2. The quantitative estimate of drug-likeness (QED) is 0.395. The zero-order valence-corrected chi connectivity index (χ0v) is 17.5. The number of nitro benzene ring substituents is 1. The van der Waals surface area contributed by atoms with Gasteiger partial charge in [-0.05, 0) is 36.6 Å². The molecule has 0 saturated carbocycles. The predicted molar refractivity (Wildman–Crippen MR) is 112 cm³/mol. The van der Waals surface area contributed by atoms with Gasteiger partial charge in [0.05, 0.1) is 26.1 Å². The van der Waals surface area contributed by atoms with E-state index in [0.717, 1.165) is 4.90 Å². The standard InChI is InChI=1S/C20H17Cl2N3O5/c1-10(2)7-17(18(26)23-11-3-5-12(6-4-11)25(29)30)24-19(27)13-8-15(21)16(22)9-14(13)20(24)28/h3-6,8-10,17H,7H2,1-2H3,(H,23,26)/t17-/m0/s1. The molecule has 1 aliphatic heterocycles. The number of benzene rings is 2. The smallest absolute Gasteiger partial charge is 0.269 e. The van der Waals surface area contributed by atoms with Crippen molar-refractivity contribution in [2.75, 3.05) is 5.32 Å².